The van der Waals surface area contributed by atoms with Crippen LogP contribution >= 0.6 is 0 Å². The van der Waals surface area contributed by atoms with Gasteiger partial charge in [0.25, 0.3) is 5.91 Å². The Morgan fingerprint density at radius 2 is 2.14 bits per heavy atom. The molecule has 5 nitrogen and oxygen atoms in total. The van der Waals surface area contributed by atoms with Gasteiger partial charge in [-0.1, -0.05) is 18.2 Å². The van der Waals surface area contributed by atoms with Crippen LogP contribution in [0.25, 0.3) is 11.0 Å². The zero-order valence-electron chi connectivity index (χ0n) is 11.8. The minimum atomic E-state index is -2.91. The molecule has 2 heterocycles. The summed E-state index contributed by atoms with van der Waals surface area (Å²) in [6.45, 7) is 2.22. The molecule has 1 aliphatic heterocycles. The number of para-hydroxylation sites is 1. The van der Waals surface area contributed by atoms with Gasteiger partial charge >= 0.3 is 0 Å². The van der Waals surface area contributed by atoms with Gasteiger partial charge in [-0.05, 0) is 25.3 Å². The molecule has 1 aromatic heterocycles. The first-order valence-electron chi connectivity index (χ1n) is 6.93. The van der Waals surface area contributed by atoms with Crippen LogP contribution in [0.4, 0.5) is 0 Å². The van der Waals surface area contributed by atoms with E-state index in [2.05, 4.69) is 5.32 Å². The maximum Gasteiger partial charge on any atom is 0.287 e. The van der Waals surface area contributed by atoms with E-state index in [1.807, 2.05) is 31.2 Å². The van der Waals surface area contributed by atoms with Crippen LogP contribution in [-0.4, -0.2) is 32.4 Å². The van der Waals surface area contributed by atoms with Crippen LogP contribution in [0.2, 0.25) is 0 Å². The highest BCUT2D eigenvalue weighted by Gasteiger charge is 2.28. The highest BCUT2D eigenvalue weighted by atomic mass is 32.2. The van der Waals surface area contributed by atoms with Crippen molar-refractivity contribution in [1.82, 2.24) is 5.32 Å². The molecular weight excluding hydrogens is 290 g/mol. The average molecular weight is 307 g/mol. The molecule has 1 N–H and O–H groups in total. The lowest BCUT2D eigenvalue weighted by Crippen LogP contribution is -2.29. The van der Waals surface area contributed by atoms with Crippen LogP contribution in [0.1, 0.15) is 22.5 Å². The Hall–Kier alpha value is -1.82. The highest BCUT2D eigenvalue weighted by Crippen LogP contribution is 2.25. The van der Waals surface area contributed by atoms with Crippen LogP contribution in [0.3, 0.4) is 0 Å². The summed E-state index contributed by atoms with van der Waals surface area (Å²) < 4.78 is 28.4. The molecule has 0 aliphatic carbocycles. The molecule has 3 rings (SSSR count). The largest absolute Gasteiger partial charge is 0.451 e. The molecule has 1 aromatic carbocycles. The van der Waals surface area contributed by atoms with Crippen LogP contribution < -0.4 is 5.32 Å². The minimum Gasteiger partial charge on any atom is -0.451 e. The Balaban J connectivity index is 1.71. The van der Waals surface area contributed by atoms with E-state index in [-0.39, 0.29) is 23.3 Å². The predicted molar refractivity (Wildman–Crippen MR) is 80.0 cm³/mol. The molecule has 0 radical (unpaired) electrons. The summed E-state index contributed by atoms with van der Waals surface area (Å²) in [5.74, 6) is 0.400. The number of sulfone groups is 1. The molecule has 0 spiro atoms. The second kappa shape index (κ2) is 5.18. The van der Waals surface area contributed by atoms with Crippen molar-refractivity contribution in [3.63, 3.8) is 0 Å². The van der Waals surface area contributed by atoms with Gasteiger partial charge in [0, 0.05) is 17.5 Å². The molecule has 0 bridgehead atoms. The summed E-state index contributed by atoms with van der Waals surface area (Å²) in [4.78, 5) is 12.2. The number of hydrogen-bond acceptors (Lipinski definition) is 4. The third-order valence-corrected chi connectivity index (χ3v) is 5.76. The van der Waals surface area contributed by atoms with Gasteiger partial charge in [-0.3, -0.25) is 4.79 Å². The number of amides is 1. The SMILES string of the molecule is Cc1c(C(=O)NC[C@@H]2CCS(=O)(=O)C2)oc2ccccc12. The number of carbonyl (C=O) groups is 1. The Morgan fingerprint density at radius 3 is 2.81 bits per heavy atom. The van der Waals surface area contributed by atoms with E-state index >= 15 is 0 Å². The van der Waals surface area contributed by atoms with Crippen molar-refractivity contribution in [2.45, 2.75) is 13.3 Å². The second-order valence-electron chi connectivity index (χ2n) is 5.53. The van der Waals surface area contributed by atoms with E-state index in [1.54, 1.807) is 0 Å². The van der Waals surface area contributed by atoms with Gasteiger partial charge in [0.1, 0.15) is 5.58 Å². The van der Waals surface area contributed by atoms with E-state index in [1.165, 1.54) is 0 Å². The maximum absolute atomic E-state index is 12.2. The lowest BCUT2D eigenvalue weighted by molar-refractivity contribution is 0.0922. The first-order valence-corrected chi connectivity index (χ1v) is 8.75. The summed E-state index contributed by atoms with van der Waals surface area (Å²) in [6, 6.07) is 7.49. The fourth-order valence-corrected chi connectivity index (χ4v) is 4.60. The molecule has 21 heavy (non-hydrogen) atoms. The van der Waals surface area contributed by atoms with Gasteiger partial charge in [0.15, 0.2) is 15.6 Å². The zero-order chi connectivity index (χ0) is 15.0. The predicted octanol–water partition coefficient (Wildman–Crippen LogP) is 1.91. The van der Waals surface area contributed by atoms with Crippen molar-refractivity contribution >= 4 is 26.7 Å². The van der Waals surface area contributed by atoms with Gasteiger partial charge in [0.05, 0.1) is 11.5 Å². The smallest absolute Gasteiger partial charge is 0.287 e. The number of benzene rings is 1. The van der Waals surface area contributed by atoms with E-state index < -0.39 is 9.84 Å². The van der Waals surface area contributed by atoms with Gasteiger partial charge < -0.3 is 9.73 Å². The van der Waals surface area contributed by atoms with Crippen molar-refractivity contribution in [3.05, 3.63) is 35.6 Å². The highest BCUT2D eigenvalue weighted by molar-refractivity contribution is 7.91. The summed E-state index contributed by atoms with van der Waals surface area (Å²) in [5, 5.41) is 3.71. The fourth-order valence-electron chi connectivity index (χ4n) is 2.74. The number of rotatable bonds is 3. The van der Waals surface area contributed by atoms with E-state index in [9.17, 15) is 13.2 Å². The van der Waals surface area contributed by atoms with Crippen molar-refractivity contribution in [1.29, 1.82) is 0 Å². The fraction of sp³-hybridized carbons (Fsp3) is 0.400. The molecule has 1 atom stereocenters. The number of furan rings is 1. The molecule has 6 heteroatoms. The summed E-state index contributed by atoms with van der Waals surface area (Å²) in [6.07, 6.45) is 0.613. The van der Waals surface area contributed by atoms with Gasteiger partial charge in [0.2, 0.25) is 0 Å². The van der Waals surface area contributed by atoms with Crippen molar-refractivity contribution in [2.24, 2.45) is 5.92 Å². The maximum atomic E-state index is 12.2. The van der Waals surface area contributed by atoms with Gasteiger partial charge in [-0.15, -0.1) is 0 Å². The molecule has 1 fully saturated rings. The average Bonchev–Trinajstić information content (AvgIpc) is 2.97. The topological polar surface area (TPSA) is 76.4 Å². The standard InChI is InChI=1S/C15H17NO4S/c1-10-12-4-2-3-5-13(12)20-14(10)15(17)16-8-11-6-7-21(18,19)9-11/h2-5,11H,6-9H2,1H3,(H,16,17)/t11-/m0/s1. The number of aryl methyl sites for hydroxylation is 1. The van der Waals surface area contributed by atoms with Crippen molar-refractivity contribution in [3.8, 4) is 0 Å². The molecular formula is C15H17NO4S. The summed E-state index contributed by atoms with van der Waals surface area (Å²) in [7, 11) is -2.91. The van der Waals surface area contributed by atoms with E-state index in [0.29, 0.717) is 24.3 Å². The summed E-state index contributed by atoms with van der Waals surface area (Å²) >= 11 is 0. The van der Waals surface area contributed by atoms with Crippen LogP contribution in [-0.2, 0) is 9.84 Å². The molecule has 0 unspecified atom stereocenters. The lowest BCUT2D eigenvalue weighted by Gasteiger charge is -2.08. The Morgan fingerprint density at radius 1 is 1.38 bits per heavy atom. The van der Waals surface area contributed by atoms with Crippen LogP contribution in [0, 0.1) is 12.8 Å². The second-order valence-corrected chi connectivity index (χ2v) is 7.76. The van der Waals surface area contributed by atoms with Gasteiger partial charge in [-0.2, -0.15) is 0 Å². The van der Waals surface area contributed by atoms with Crippen LogP contribution in [0.5, 0.6) is 0 Å². The minimum absolute atomic E-state index is 0.00337. The molecule has 0 saturated carbocycles. The molecule has 1 saturated heterocycles. The number of fused-ring (bicyclic) bond motifs is 1. The molecule has 1 amide bonds. The Bertz CT molecular complexity index is 791. The Kier molecular flexibility index (Phi) is 3.49. The Labute approximate surface area is 123 Å². The number of hydrogen-bond donors (Lipinski definition) is 1. The van der Waals surface area contributed by atoms with E-state index in [0.717, 1.165) is 10.9 Å². The summed E-state index contributed by atoms with van der Waals surface area (Å²) in [5.41, 5.74) is 1.49. The normalized spacial score (nSPS) is 20.7. The number of nitrogens with one attached hydrogen (secondary N) is 1. The number of carbonyl (C=O) groups excluding carboxylic acids is 1. The lowest BCUT2D eigenvalue weighted by atomic mass is 10.1. The van der Waals surface area contributed by atoms with E-state index in [4.69, 9.17) is 4.42 Å². The molecule has 2 aromatic rings. The van der Waals surface area contributed by atoms with Gasteiger partial charge in [-0.25, -0.2) is 8.42 Å². The van der Waals surface area contributed by atoms with Crippen LogP contribution in [0.15, 0.2) is 28.7 Å². The zero-order valence-corrected chi connectivity index (χ0v) is 12.6. The third kappa shape index (κ3) is 2.81. The monoisotopic (exact) mass is 307 g/mol. The van der Waals surface area contributed by atoms with Crippen molar-refractivity contribution in [2.75, 3.05) is 18.1 Å². The molecule has 112 valence electrons. The first kappa shape index (κ1) is 14.1. The first-order chi connectivity index (χ1) is 9.96. The van der Waals surface area contributed by atoms with Crippen molar-refractivity contribution < 1.29 is 17.6 Å². The third-order valence-electron chi connectivity index (χ3n) is 3.93. The quantitative estimate of drug-likeness (QED) is 0.939. The molecule has 1 aliphatic rings.